The number of hydrogen-bond donors (Lipinski definition) is 3. The van der Waals surface area contributed by atoms with Crippen LogP contribution in [0.1, 0.15) is 71.4 Å². The van der Waals surface area contributed by atoms with Gasteiger partial charge in [0.25, 0.3) is 0 Å². The lowest BCUT2D eigenvalue weighted by atomic mass is 9.98. The van der Waals surface area contributed by atoms with E-state index in [1.165, 1.54) is 0 Å². The fraction of sp³-hybridized carbons (Fsp3) is 0.514. The second-order valence-electron chi connectivity index (χ2n) is 13.5. The van der Waals surface area contributed by atoms with Crippen molar-refractivity contribution in [1.29, 1.82) is 0 Å². The van der Waals surface area contributed by atoms with Crippen molar-refractivity contribution in [1.82, 2.24) is 15.5 Å². The molecule has 0 heterocycles. The van der Waals surface area contributed by atoms with E-state index in [1.807, 2.05) is 48.5 Å². The second-order valence-corrected chi connectivity index (χ2v) is 13.5. The van der Waals surface area contributed by atoms with Gasteiger partial charge in [0.1, 0.15) is 23.9 Å². The van der Waals surface area contributed by atoms with Gasteiger partial charge in [0.15, 0.2) is 0 Å². The summed E-state index contributed by atoms with van der Waals surface area (Å²) in [6, 6.07) is 14.4. The number of nitrogens with zero attached hydrogens (tertiary/aromatic N) is 5. The molecular formula is C35H47N7O9. The van der Waals surface area contributed by atoms with E-state index in [4.69, 9.17) is 24.5 Å². The largest absolute Gasteiger partial charge is 0.480 e. The monoisotopic (exact) mass is 709 g/mol. The van der Waals surface area contributed by atoms with E-state index in [1.54, 1.807) is 41.5 Å². The predicted molar refractivity (Wildman–Crippen MR) is 188 cm³/mol. The minimum atomic E-state index is -1.30. The van der Waals surface area contributed by atoms with Gasteiger partial charge in [-0.05, 0) is 82.2 Å². The van der Waals surface area contributed by atoms with Crippen LogP contribution in [0.5, 0.6) is 0 Å². The maximum absolute atomic E-state index is 13.2. The number of carboxylic acids is 1. The average Bonchev–Trinajstić information content (AvgIpc) is 3.36. The lowest BCUT2D eigenvalue weighted by Crippen LogP contribution is -2.51. The third-order valence-electron chi connectivity index (χ3n) is 7.19. The van der Waals surface area contributed by atoms with Crippen LogP contribution in [0.2, 0.25) is 0 Å². The Balaban J connectivity index is 1.68. The van der Waals surface area contributed by atoms with Crippen molar-refractivity contribution in [2.24, 2.45) is 10.1 Å². The van der Waals surface area contributed by atoms with Crippen LogP contribution in [-0.2, 0) is 23.7 Å². The lowest BCUT2D eigenvalue weighted by Gasteiger charge is -2.29. The summed E-state index contributed by atoms with van der Waals surface area (Å²) in [7, 11) is 0. The van der Waals surface area contributed by atoms with E-state index in [2.05, 4.69) is 25.7 Å². The zero-order valence-corrected chi connectivity index (χ0v) is 29.9. The minimum absolute atomic E-state index is 0.0198. The molecule has 0 aliphatic heterocycles. The topological polar surface area (TPSA) is 214 Å². The summed E-state index contributed by atoms with van der Waals surface area (Å²) in [6.45, 7) is 10.0. The lowest BCUT2D eigenvalue weighted by molar-refractivity contribution is -0.139. The zero-order chi connectivity index (χ0) is 37.6. The summed E-state index contributed by atoms with van der Waals surface area (Å²) in [4.78, 5) is 59.0. The van der Waals surface area contributed by atoms with Crippen LogP contribution in [0.15, 0.2) is 58.6 Å². The summed E-state index contributed by atoms with van der Waals surface area (Å²) in [5, 5.41) is 18.2. The fourth-order valence-electron chi connectivity index (χ4n) is 5.12. The molecule has 0 saturated carbocycles. The first-order chi connectivity index (χ1) is 24.1. The van der Waals surface area contributed by atoms with Gasteiger partial charge >= 0.3 is 24.2 Å². The number of benzene rings is 2. The quantitative estimate of drug-likeness (QED) is 0.0386. The first kappa shape index (κ1) is 40.1. The van der Waals surface area contributed by atoms with Gasteiger partial charge in [0, 0.05) is 23.9 Å². The van der Waals surface area contributed by atoms with Crippen molar-refractivity contribution in [3.8, 4) is 11.1 Å². The number of carboxylic acid groups (broad SMARTS) is 1. The number of hydrogen-bond acceptors (Lipinski definition) is 10. The highest BCUT2D eigenvalue weighted by Gasteiger charge is 2.31. The number of carbonyl (C=O) groups is 4. The van der Waals surface area contributed by atoms with Crippen molar-refractivity contribution >= 4 is 30.2 Å². The molecule has 0 unspecified atom stereocenters. The Labute approximate surface area is 297 Å². The number of ether oxygens (including phenoxy) is 4. The van der Waals surface area contributed by atoms with Gasteiger partial charge in [-0.25, -0.2) is 24.1 Å². The van der Waals surface area contributed by atoms with E-state index in [9.17, 15) is 24.3 Å². The Bertz CT molecular complexity index is 1570. The molecule has 1 aliphatic rings. The zero-order valence-electron chi connectivity index (χ0n) is 29.9. The Morgan fingerprint density at radius 3 is 2.08 bits per heavy atom. The highest BCUT2D eigenvalue weighted by molar-refractivity contribution is 6.01. The Morgan fingerprint density at radius 2 is 1.51 bits per heavy atom. The SMILES string of the molecule is CC(C)(C)OC(=O)NC(=NCCC[C@H](NC(=O)OCC1c2ccccc2-c2ccccc21)C(=O)O)N(CCOCCN=[N+]=[N-])C(=O)OC(C)(C)C. The van der Waals surface area contributed by atoms with Gasteiger partial charge in [-0.15, -0.1) is 0 Å². The predicted octanol–water partition coefficient (Wildman–Crippen LogP) is 6.20. The smallest absolute Gasteiger partial charge is 0.417 e. The Hall–Kier alpha value is -5.34. The summed E-state index contributed by atoms with van der Waals surface area (Å²) in [5.41, 5.74) is 10.9. The maximum atomic E-state index is 13.2. The molecule has 0 spiro atoms. The third kappa shape index (κ3) is 13.1. The molecule has 1 aliphatic carbocycles. The number of fused-ring (bicyclic) bond motifs is 3. The molecule has 3 rings (SSSR count). The van der Waals surface area contributed by atoms with Crippen LogP contribution in [0, 0.1) is 0 Å². The normalized spacial score (nSPS) is 13.2. The molecule has 16 heteroatoms. The van der Waals surface area contributed by atoms with Crippen molar-refractivity contribution in [2.45, 2.75) is 77.5 Å². The standard InChI is InChI=1S/C35H47N7O9/c1-34(2,3)50-32(46)40-30(42(33(47)51-35(4,5)6)19-21-48-20-18-38-41-36)37-17-11-16-28(29(43)44)39-31(45)49-22-27-25-14-9-7-12-23(25)24-13-8-10-15-26(24)27/h7-10,12-15,27-28H,11,16-22H2,1-6H3,(H,39,45)(H,43,44)(H,37,40,46)/t28-/m0/s1. The van der Waals surface area contributed by atoms with Crippen LogP contribution in [0.25, 0.3) is 21.6 Å². The highest BCUT2D eigenvalue weighted by atomic mass is 16.6. The summed E-state index contributed by atoms with van der Waals surface area (Å²) in [6.07, 6.45) is -2.52. The van der Waals surface area contributed by atoms with Crippen molar-refractivity contribution in [3.63, 3.8) is 0 Å². The van der Waals surface area contributed by atoms with Gasteiger partial charge in [0.05, 0.1) is 19.8 Å². The van der Waals surface area contributed by atoms with Gasteiger partial charge < -0.3 is 29.4 Å². The number of rotatable bonds is 14. The molecule has 3 amide bonds. The average molecular weight is 710 g/mol. The Morgan fingerprint density at radius 1 is 0.902 bits per heavy atom. The number of guanidine groups is 1. The molecule has 2 aromatic rings. The first-order valence-electron chi connectivity index (χ1n) is 16.6. The molecule has 16 nitrogen and oxygen atoms in total. The van der Waals surface area contributed by atoms with E-state index < -0.39 is 41.5 Å². The number of carbonyl (C=O) groups excluding carboxylic acids is 3. The number of amides is 3. The van der Waals surface area contributed by atoms with E-state index in [0.29, 0.717) is 0 Å². The second kappa shape index (κ2) is 18.6. The molecular weight excluding hydrogens is 662 g/mol. The van der Waals surface area contributed by atoms with Crippen LogP contribution in [0.4, 0.5) is 14.4 Å². The number of nitrogens with one attached hydrogen (secondary N) is 2. The minimum Gasteiger partial charge on any atom is -0.480 e. The van der Waals surface area contributed by atoms with Crippen LogP contribution in [-0.4, -0.2) is 96.9 Å². The highest BCUT2D eigenvalue weighted by Crippen LogP contribution is 2.44. The van der Waals surface area contributed by atoms with Crippen LogP contribution < -0.4 is 10.6 Å². The molecule has 0 fully saturated rings. The molecule has 1 atom stereocenters. The molecule has 0 bridgehead atoms. The number of aliphatic imine (C=N–C) groups is 1. The molecule has 2 aromatic carbocycles. The van der Waals surface area contributed by atoms with Gasteiger partial charge in [-0.3, -0.25) is 10.3 Å². The number of azide groups is 1. The van der Waals surface area contributed by atoms with Crippen molar-refractivity contribution in [3.05, 3.63) is 70.1 Å². The molecule has 0 radical (unpaired) electrons. The summed E-state index contributed by atoms with van der Waals surface area (Å²) < 4.78 is 21.9. The first-order valence-corrected chi connectivity index (χ1v) is 16.6. The van der Waals surface area contributed by atoms with Gasteiger partial charge in [0.2, 0.25) is 5.96 Å². The molecule has 0 aromatic heterocycles. The Kier molecular flexibility index (Phi) is 14.6. The van der Waals surface area contributed by atoms with Crippen molar-refractivity contribution < 1.29 is 43.2 Å². The van der Waals surface area contributed by atoms with Gasteiger partial charge in [-0.1, -0.05) is 53.6 Å². The number of aliphatic carboxylic acids is 1. The van der Waals surface area contributed by atoms with Crippen LogP contribution in [0.3, 0.4) is 0 Å². The van der Waals surface area contributed by atoms with Gasteiger partial charge in [-0.2, -0.15) is 0 Å². The van der Waals surface area contributed by atoms with Crippen LogP contribution >= 0.6 is 0 Å². The van der Waals surface area contributed by atoms with Crippen molar-refractivity contribution in [2.75, 3.05) is 39.5 Å². The third-order valence-corrected chi connectivity index (χ3v) is 7.19. The number of alkyl carbamates (subject to hydrolysis) is 2. The van der Waals surface area contributed by atoms with E-state index in [-0.39, 0.29) is 64.2 Å². The molecule has 276 valence electrons. The van der Waals surface area contributed by atoms with E-state index >= 15 is 0 Å². The molecule has 3 N–H and O–H groups in total. The molecule has 51 heavy (non-hydrogen) atoms. The molecule has 0 saturated heterocycles. The summed E-state index contributed by atoms with van der Waals surface area (Å²) >= 11 is 0. The maximum Gasteiger partial charge on any atom is 0.417 e. The summed E-state index contributed by atoms with van der Waals surface area (Å²) in [5.74, 6) is -1.68. The fourth-order valence-corrected chi connectivity index (χ4v) is 5.12. The van der Waals surface area contributed by atoms with E-state index in [0.717, 1.165) is 27.2 Å².